The van der Waals surface area contributed by atoms with Crippen LogP contribution in [0, 0.1) is 0 Å². The SMILES string of the molecule is C=CCN(Cc1occc1CN)C(C)(C)C. The van der Waals surface area contributed by atoms with E-state index >= 15 is 0 Å². The molecule has 90 valence electrons. The van der Waals surface area contributed by atoms with Crippen molar-refractivity contribution in [2.75, 3.05) is 6.54 Å². The van der Waals surface area contributed by atoms with Crippen LogP contribution in [0.2, 0.25) is 0 Å². The van der Waals surface area contributed by atoms with Crippen molar-refractivity contribution in [3.8, 4) is 0 Å². The molecule has 16 heavy (non-hydrogen) atoms. The van der Waals surface area contributed by atoms with E-state index in [4.69, 9.17) is 10.2 Å². The van der Waals surface area contributed by atoms with E-state index in [9.17, 15) is 0 Å². The van der Waals surface area contributed by atoms with Crippen LogP contribution in [0.4, 0.5) is 0 Å². The normalized spacial score (nSPS) is 12.1. The van der Waals surface area contributed by atoms with E-state index < -0.39 is 0 Å². The minimum atomic E-state index is 0.0901. The molecule has 0 saturated carbocycles. The van der Waals surface area contributed by atoms with E-state index in [1.54, 1.807) is 6.26 Å². The number of nitrogens with zero attached hydrogens (tertiary/aromatic N) is 1. The summed E-state index contributed by atoms with van der Waals surface area (Å²) in [6.45, 7) is 12.5. The first kappa shape index (κ1) is 13.0. The van der Waals surface area contributed by atoms with Crippen molar-refractivity contribution in [2.24, 2.45) is 5.73 Å². The Balaban J connectivity index is 2.79. The number of hydrogen-bond donors (Lipinski definition) is 1. The van der Waals surface area contributed by atoms with Crippen molar-refractivity contribution in [1.29, 1.82) is 0 Å². The summed E-state index contributed by atoms with van der Waals surface area (Å²) in [4.78, 5) is 2.30. The molecule has 0 saturated heterocycles. The maximum absolute atomic E-state index is 5.66. The summed E-state index contributed by atoms with van der Waals surface area (Å²) in [7, 11) is 0. The second-order valence-corrected chi connectivity index (χ2v) is 4.91. The highest BCUT2D eigenvalue weighted by molar-refractivity contribution is 5.16. The Hall–Kier alpha value is -1.06. The highest BCUT2D eigenvalue weighted by Crippen LogP contribution is 2.19. The van der Waals surface area contributed by atoms with Crippen LogP contribution in [0.5, 0.6) is 0 Å². The Bertz CT molecular complexity index is 336. The first-order chi connectivity index (χ1) is 7.49. The van der Waals surface area contributed by atoms with Crippen LogP contribution in [-0.4, -0.2) is 17.0 Å². The van der Waals surface area contributed by atoms with Crippen LogP contribution in [0.25, 0.3) is 0 Å². The van der Waals surface area contributed by atoms with Crippen LogP contribution in [0.15, 0.2) is 29.4 Å². The number of hydrogen-bond acceptors (Lipinski definition) is 3. The van der Waals surface area contributed by atoms with E-state index in [1.165, 1.54) is 0 Å². The summed E-state index contributed by atoms with van der Waals surface area (Å²) in [6, 6.07) is 1.93. The lowest BCUT2D eigenvalue weighted by Gasteiger charge is -2.34. The predicted molar refractivity (Wildman–Crippen MR) is 67.0 cm³/mol. The molecule has 0 amide bonds. The Morgan fingerprint density at radius 3 is 2.69 bits per heavy atom. The summed E-state index contributed by atoms with van der Waals surface area (Å²) in [6.07, 6.45) is 3.61. The van der Waals surface area contributed by atoms with E-state index in [1.807, 2.05) is 12.1 Å². The predicted octanol–water partition coefficient (Wildman–Crippen LogP) is 2.52. The monoisotopic (exact) mass is 222 g/mol. The maximum atomic E-state index is 5.66. The fourth-order valence-corrected chi connectivity index (χ4v) is 1.59. The fourth-order valence-electron chi connectivity index (χ4n) is 1.59. The van der Waals surface area contributed by atoms with Crippen molar-refractivity contribution >= 4 is 0 Å². The minimum Gasteiger partial charge on any atom is -0.468 e. The lowest BCUT2D eigenvalue weighted by molar-refractivity contribution is 0.134. The molecule has 0 aliphatic carbocycles. The molecule has 3 nitrogen and oxygen atoms in total. The second-order valence-electron chi connectivity index (χ2n) is 4.91. The van der Waals surface area contributed by atoms with Gasteiger partial charge in [0.05, 0.1) is 12.8 Å². The van der Waals surface area contributed by atoms with Gasteiger partial charge in [0.1, 0.15) is 5.76 Å². The lowest BCUT2D eigenvalue weighted by atomic mass is 10.1. The van der Waals surface area contributed by atoms with Gasteiger partial charge in [0.2, 0.25) is 0 Å². The third-order valence-electron chi connectivity index (χ3n) is 2.69. The van der Waals surface area contributed by atoms with Crippen LogP contribution in [0.1, 0.15) is 32.1 Å². The van der Waals surface area contributed by atoms with Crippen LogP contribution in [-0.2, 0) is 13.1 Å². The van der Waals surface area contributed by atoms with Crippen LogP contribution in [0.3, 0.4) is 0 Å². The van der Waals surface area contributed by atoms with E-state index in [-0.39, 0.29) is 5.54 Å². The number of rotatable bonds is 5. The molecule has 0 fully saturated rings. The van der Waals surface area contributed by atoms with Gasteiger partial charge >= 0.3 is 0 Å². The summed E-state index contributed by atoms with van der Waals surface area (Å²) in [5, 5.41) is 0. The minimum absolute atomic E-state index is 0.0901. The Morgan fingerprint density at radius 2 is 2.19 bits per heavy atom. The summed E-state index contributed by atoms with van der Waals surface area (Å²) in [5.74, 6) is 0.958. The van der Waals surface area contributed by atoms with Gasteiger partial charge < -0.3 is 10.2 Å². The quantitative estimate of drug-likeness (QED) is 0.778. The Labute approximate surface area is 97.9 Å². The second kappa shape index (κ2) is 5.32. The van der Waals surface area contributed by atoms with Gasteiger partial charge in [0.25, 0.3) is 0 Å². The molecular weight excluding hydrogens is 200 g/mol. The van der Waals surface area contributed by atoms with Gasteiger partial charge in [0.15, 0.2) is 0 Å². The summed E-state index contributed by atoms with van der Waals surface area (Å²) >= 11 is 0. The molecule has 0 atom stereocenters. The lowest BCUT2D eigenvalue weighted by Crippen LogP contribution is -2.40. The highest BCUT2D eigenvalue weighted by atomic mass is 16.3. The van der Waals surface area contributed by atoms with Crippen molar-refractivity contribution in [1.82, 2.24) is 4.90 Å². The number of nitrogens with two attached hydrogens (primary N) is 1. The van der Waals surface area contributed by atoms with Crippen molar-refractivity contribution in [3.63, 3.8) is 0 Å². The van der Waals surface area contributed by atoms with Gasteiger partial charge in [0, 0.05) is 24.2 Å². The molecule has 0 aliphatic rings. The van der Waals surface area contributed by atoms with Crippen LogP contribution >= 0.6 is 0 Å². The third-order valence-corrected chi connectivity index (χ3v) is 2.69. The molecule has 1 aromatic rings. The zero-order chi connectivity index (χ0) is 12.2. The largest absolute Gasteiger partial charge is 0.468 e. The van der Waals surface area contributed by atoms with Gasteiger partial charge in [-0.25, -0.2) is 0 Å². The highest BCUT2D eigenvalue weighted by Gasteiger charge is 2.22. The zero-order valence-electron chi connectivity index (χ0n) is 10.5. The topological polar surface area (TPSA) is 42.4 Å². The standard InChI is InChI=1S/C13H22N2O/c1-5-7-15(13(2,3)4)10-12-11(9-14)6-8-16-12/h5-6,8H,1,7,9-10,14H2,2-4H3. The molecule has 0 aliphatic heterocycles. The van der Waals surface area contributed by atoms with Gasteiger partial charge in [-0.1, -0.05) is 6.08 Å². The maximum Gasteiger partial charge on any atom is 0.122 e. The number of furan rings is 1. The first-order valence-corrected chi connectivity index (χ1v) is 5.60. The fraction of sp³-hybridized carbons (Fsp3) is 0.538. The first-order valence-electron chi connectivity index (χ1n) is 5.60. The molecule has 1 rings (SSSR count). The third kappa shape index (κ3) is 3.22. The zero-order valence-corrected chi connectivity index (χ0v) is 10.5. The van der Waals surface area contributed by atoms with E-state index in [0.717, 1.165) is 24.4 Å². The molecule has 2 N–H and O–H groups in total. The molecule has 0 bridgehead atoms. The summed E-state index contributed by atoms with van der Waals surface area (Å²) < 4.78 is 5.47. The smallest absolute Gasteiger partial charge is 0.122 e. The molecule has 0 radical (unpaired) electrons. The molecule has 0 aromatic carbocycles. The summed E-state index contributed by atoms with van der Waals surface area (Å²) in [5.41, 5.74) is 6.83. The van der Waals surface area contributed by atoms with Crippen molar-refractivity contribution < 1.29 is 4.42 Å². The Morgan fingerprint density at radius 1 is 1.50 bits per heavy atom. The van der Waals surface area contributed by atoms with E-state index in [0.29, 0.717) is 6.54 Å². The molecule has 0 spiro atoms. The van der Waals surface area contributed by atoms with E-state index in [2.05, 4.69) is 32.3 Å². The van der Waals surface area contributed by atoms with Gasteiger partial charge in [-0.05, 0) is 26.8 Å². The average molecular weight is 222 g/mol. The molecule has 0 unspecified atom stereocenters. The van der Waals surface area contributed by atoms with Crippen molar-refractivity contribution in [3.05, 3.63) is 36.3 Å². The van der Waals surface area contributed by atoms with Gasteiger partial charge in [-0.2, -0.15) is 0 Å². The average Bonchev–Trinajstić information content (AvgIpc) is 2.63. The molecule has 1 heterocycles. The van der Waals surface area contributed by atoms with Crippen LogP contribution < -0.4 is 5.73 Å². The molecular formula is C13H22N2O. The van der Waals surface area contributed by atoms with Crippen molar-refractivity contribution in [2.45, 2.75) is 39.4 Å². The van der Waals surface area contributed by atoms with Gasteiger partial charge in [-0.15, -0.1) is 6.58 Å². The Kier molecular flexibility index (Phi) is 4.33. The molecule has 3 heteroatoms. The van der Waals surface area contributed by atoms with Gasteiger partial charge in [-0.3, -0.25) is 4.90 Å². The molecule has 1 aromatic heterocycles.